The fourth-order valence-electron chi connectivity index (χ4n) is 1.39. The third-order valence-electron chi connectivity index (χ3n) is 2.20. The first-order valence-electron chi connectivity index (χ1n) is 4.88. The van der Waals surface area contributed by atoms with Crippen LogP contribution in [-0.2, 0) is 0 Å². The lowest BCUT2D eigenvalue weighted by atomic mass is 10.2. The van der Waals surface area contributed by atoms with Gasteiger partial charge in [0.1, 0.15) is 0 Å². The van der Waals surface area contributed by atoms with Gasteiger partial charge >= 0.3 is 0 Å². The molecule has 0 unspecified atom stereocenters. The second kappa shape index (κ2) is 4.37. The van der Waals surface area contributed by atoms with Gasteiger partial charge in [-0.1, -0.05) is 12.1 Å². The third-order valence-corrected chi connectivity index (χ3v) is 3.07. The van der Waals surface area contributed by atoms with Crippen LogP contribution < -0.4 is 11.1 Å². The molecule has 0 radical (unpaired) electrons. The molecular weight excluding hydrogens is 220 g/mol. The van der Waals surface area contributed by atoms with E-state index in [0.717, 1.165) is 5.56 Å². The standard InChI is InChI=1S/C12H12N2OS/c1-8-4-5-10(9(13)7-8)14-12(15)11-3-2-6-16-11/h2-7H,13H2,1H3,(H,14,15). The van der Waals surface area contributed by atoms with Crippen LogP contribution in [0.1, 0.15) is 15.2 Å². The summed E-state index contributed by atoms with van der Waals surface area (Å²) in [4.78, 5) is 12.4. The summed E-state index contributed by atoms with van der Waals surface area (Å²) in [5.41, 5.74) is 8.13. The van der Waals surface area contributed by atoms with Gasteiger partial charge in [-0.2, -0.15) is 0 Å². The summed E-state index contributed by atoms with van der Waals surface area (Å²) in [5, 5.41) is 4.65. The highest BCUT2D eigenvalue weighted by molar-refractivity contribution is 7.12. The van der Waals surface area contributed by atoms with E-state index in [1.165, 1.54) is 11.3 Å². The van der Waals surface area contributed by atoms with E-state index in [9.17, 15) is 4.79 Å². The molecule has 1 aromatic heterocycles. The number of nitrogens with two attached hydrogens (primary N) is 1. The molecule has 0 saturated carbocycles. The Morgan fingerprint density at radius 2 is 2.19 bits per heavy atom. The zero-order valence-electron chi connectivity index (χ0n) is 8.86. The lowest BCUT2D eigenvalue weighted by molar-refractivity contribution is 0.103. The van der Waals surface area contributed by atoms with E-state index in [0.29, 0.717) is 16.3 Å². The molecule has 0 aliphatic rings. The molecule has 2 aromatic rings. The highest BCUT2D eigenvalue weighted by Crippen LogP contribution is 2.21. The minimum Gasteiger partial charge on any atom is -0.397 e. The van der Waals surface area contributed by atoms with Crippen molar-refractivity contribution in [3.05, 3.63) is 46.2 Å². The van der Waals surface area contributed by atoms with Crippen molar-refractivity contribution in [2.24, 2.45) is 0 Å². The molecule has 0 aliphatic heterocycles. The normalized spacial score (nSPS) is 10.1. The first kappa shape index (κ1) is 10.7. The largest absolute Gasteiger partial charge is 0.397 e. The summed E-state index contributed by atoms with van der Waals surface area (Å²) < 4.78 is 0. The summed E-state index contributed by atoms with van der Waals surface area (Å²) in [6.07, 6.45) is 0. The summed E-state index contributed by atoms with van der Waals surface area (Å²) >= 11 is 1.41. The van der Waals surface area contributed by atoms with Crippen molar-refractivity contribution in [1.82, 2.24) is 0 Å². The number of carbonyl (C=O) groups is 1. The van der Waals surface area contributed by atoms with Gasteiger partial charge in [-0.25, -0.2) is 0 Å². The van der Waals surface area contributed by atoms with Crippen LogP contribution >= 0.6 is 11.3 Å². The van der Waals surface area contributed by atoms with E-state index < -0.39 is 0 Å². The maximum Gasteiger partial charge on any atom is 0.265 e. The molecule has 16 heavy (non-hydrogen) atoms. The lowest BCUT2D eigenvalue weighted by Gasteiger charge is -2.07. The lowest BCUT2D eigenvalue weighted by Crippen LogP contribution is -2.11. The molecule has 1 heterocycles. The maximum atomic E-state index is 11.8. The quantitative estimate of drug-likeness (QED) is 0.782. The van der Waals surface area contributed by atoms with E-state index in [-0.39, 0.29) is 5.91 Å². The highest BCUT2D eigenvalue weighted by atomic mass is 32.1. The highest BCUT2D eigenvalue weighted by Gasteiger charge is 2.08. The van der Waals surface area contributed by atoms with E-state index >= 15 is 0 Å². The number of thiophene rings is 1. The molecule has 0 aliphatic carbocycles. The SMILES string of the molecule is Cc1ccc(NC(=O)c2cccs2)c(N)c1. The zero-order valence-corrected chi connectivity index (χ0v) is 9.67. The average molecular weight is 232 g/mol. The fraction of sp³-hybridized carbons (Fsp3) is 0.0833. The number of aryl methyl sites for hydroxylation is 1. The van der Waals surface area contributed by atoms with Gasteiger partial charge in [-0.3, -0.25) is 4.79 Å². The Hall–Kier alpha value is -1.81. The summed E-state index contributed by atoms with van der Waals surface area (Å²) in [7, 11) is 0. The van der Waals surface area contributed by atoms with Gasteiger partial charge < -0.3 is 11.1 Å². The number of nitrogens with one attached hydrogen (secondary N) is 1. The number of rotatable bonds is 2. The molecule has 1 amide bonds. The van der Waals surface area contributed by atoms with Crippen molar-refractivity contribution < 1.29 is 4.79 Å². The smallest absolute Gasteiger partial charge is 0.265 e. The average Bonchev–Trinajstić information content (AvgIpc) is 2.75. The number of carbonyl (C=O) groups excluding carboxylic acids is 1. The molecule has 0 saturated heterocycles. The Kier molecular flexibility index (Phi) is 2.92. The van der Waals surface area contributed by atoms with Crippen LogP contribution in [0.15, 0.2) is 35.7 Å². The fourth-order valence-corrected chi connectivity index (χ4v) is 2.01. The second-order valence-electron chi connectivity index (χ2n) is 3.52. The Bertz CT molecular complexity index is 506. The van der Waals surface area contributed by atoms with Gasteiger partial charge in [0.05, 0.1) is 16.3 Å². The molecule has 0 atom stereocenters. The van der Waals surface area contributed by atoms with Crippen LogP contribution in [0.2, 0.25) is 0 Å². The zero-order chi connectivity index (χ0) is 11.5. The van der Waals surface area contributed by atoms with Crippen LogP contribution in [0, 0.1) is 6.92 Å². The van der Waals surface area contributed by atoms with Gasteiger partial charge in [-0.05, 0) is 36.1 Å². The van der Waals surface area contributed by atoms with E-state index in [1.54, 1.807) is 6.07 Å². The number of anilines is 2. The van der Waals surface area contributed by atoms with Gasteiger partial charge in [0, 0.05) is 0 Å². The van der Waals surface area contributed by atoms with E-state index in [1.807, 2.05) is 36.6 Å². The van der Waals surface area contributed by atoms with E-state index in [2.05, 4.69) is 5.32 Å². The molecule has 4 heteroatoms. The molecule has 0 spiro atoms. The van der Waals surface area contributed by atoms with Crippen molar-refractivity contribution in [2.75, 3.05) is 11.1 Å². The maximum absolute atomic E-state index is 11.8. The van der Waals surface area contributed by atoms with E-state index in [4.69, 9.17) is 5.73 Å². The van der Waals surface area contributed by atoms with Crippen molar-refractivity contribution in [2.45, 2.75) is 6.92 Å². The van der Waals surface area contributed by atoms with Crippen LogP contribution in [0.4, 0.5) is 11.4 Å². The number of nitrogen functional groups attached to an aromatic ring is 1. The third kappa shape index (κ3) is 2.23. The predicted molar refractivity (Wildman–Crippen MR) is 67.9 cm³/mol. The van der Waals surface area contributed by atoms with Gasteiger partial charge in [0.2, 0.25) is 0 Å². The molecule has 2 rings (SSSR count). The number of amides is 1. The summed E-state index contributed by atoms with van der Waals surface area (Å²) in [6, 6.07) is 9.20. The van der Waals surface area contributed by atoms with Crippen molar-refractivity contribution >= 4 is 28.6 Å². The van der Waals surface area contributed by atoms with Gasteiger partial charge in [-0.15, -0.1) is 11.3 Å². The minimum absolute atomic E-state index is 0.120. The van der Waals surface area contributed by atoms with Crippen LogP contribution in [-0.4, -0.2) is 5.91 Å². The molecule has 0 fully saturated rings. The molecule has 1 aromatic carbocycles. The van der Waals surface area contributed by atoms with Crippen LogP contribution in [0.3, 0.4) is 0 Å². The second-order valence-corrected chi connectivity index (χ2v) is 4.47. The molecule has 0 bridgehead atoms. The summed E-state index contributed by atoms with van der Waals surface area (Å²) in [6.45, 7) is 1.96. The first-order chi connectivity index (χ1) is 7.66. The minimum atomic E-state index is -0.120. The van der Waals surface area contributed by atoms with Gasteiger partial charge in [0.15, 0.2) is 0 Å². The molecule has 3 nitrogen and oxygen atoms in total. The van der Waals surface area contributed by atoms with Crippen molar-refractivity contribution in [1.29, 1.82) is 0 Å². The topological polar surface area (TPSA) is 55.1 Å². The first-order valence-corrected chi connectivity index (χ1v) is 5.76. The van der Waals surface area contributed by atoms with Crippen molar-refractivity contribution in [3.8, 4) is 0 Å². The van der Waals surface area contributed by atoms with Crippen molar-refractivity contribution in [3.63, 3.8) is 0 Å². The molecule has 3 N–H and O–H groups in total. The van der Waals surface area contributed by atoms with Gasteiger partial charge in [0.25, 0.3) is 5.91 Å². The Labute approximate surface area is 97.9 Å². The predicted octanol–water partition coefficient (Wildman–Crippen LogP) is 2.89. The Balaban J connectivity index is 2.18. The number of hydrogen-bond donors (Lipinski definition) is 2. The molecular formula is C12H12N2OS. The Morgan fingerprint density at radius 1 is 1.38 bits per heavy atom. The Morgan fingerprint density at radius 3 is 2.81 bits per heavy atom. The summed E-state index contributed by atoms with van der Waals surface area (Å²) in [5.74, 6) is -0.120. The van der Waals surface area contributed by atoms with Crippen LogP contribution in [0.5, 0.6) is 0 Å². The number of benzene rings is 1. The monoisotopic (exact) mass is 232 g/mol. The molecule has 82 valence electrons. The number of hydrogen-bond acceptors (Lipinski definition) is 3. The van der Waals surface area contributed by atoms with Crippen LogP contribution in [0.25, 0.3) is 0 Å².